The number of sulfonamides is 1. The SMILES string of the molecule is CS(=O)(=O)N1CCCC(CC2CCCCNC2)C1. The minimum Gasteiger partial charge on any atom is -0.316 e. The van der Waals surface area contributed by atoms with Crippen LogP contribution in [0, 0.1) is 11.8 Å². The Morgan fingerprint density at radius 2 is 1.94 bits per heavy atom. The molecule has 2 atom stereocenters. The molecule has 0 saturated carbocycles. The number of nitrogens with zero attached hydrogens (tertiary/aromatic N) is 1. The summed E-state index contributed by atoms with van der Waals surface area (Å²) in [5, 5.41) is 3.50. The topological polar surface area (TPSA) is 49.4 Å². The summed E-state index contributed by atoms with van der Waals surface area (Å²) in [6.45, 7) is 3.74. The summed E-state index contributed by atoms with van der Waals surface area (Å²) in [4.78, 5) is 0. The molecule has 106 valence electrons. The van der Waals surface area contributed by atoms with Crippen molar-refractivity contribution in [3.05, 3.63) is 0 Å². The van der Waals surface area contributed by atoms with Crippen LogP contribution in [0.5, 0.6) is 0 Å². The van der Waals surface area contributed by atoms with E-state index in [9.17, 15) is 8.42 Å². The fourth-order valence-corrected chi connectivity index (χ4v) is 4.23. The first-order chi connectivity index (χ1) is 8.55. The maximum atomic E-state index is 11.6. The predicted molar refractivity (Wildman–Crippen MR) is 74.0 cm³/mol. The number of hydrogen-bond donors (Lipinski definition) is 1. The zero-order valence-electron chi connectivity index (χ0n) is 11.4. The van der Waals surface area contributed by atoms with Crippen LogP contribution in [0.4, 0.5) is 0 Å². The number of nitrogens with one attached hydrogen (secondary N) is 1. The average Bonchev–Trinajstić information content (AvgIpc) is 2.57. The molecule has 0 aromatic carbocycles. The van der Waals surface area contributed by atoms with Crippen molar-refractivity contribution in [3.63, 3.8) is 0 Å². The van der Waals surface area contributed by atoms with E-state index in [2.05, 4.69) is 5.32 Å². The van der Waals surface area contributed by atoms with Gasteiger partial charge in [0.15, 0.2) is 0 Å². The third-order valence-corrected chi connectivity index (χ3v) is 5.54. The zero-order chi connectivity index (χ0) is 13.0. The van der Waals surface area contributed by atoms with Crippen LogP contribution in [-0.4, -0.2) is 45.2 Å². The van der Waals surface area contributed by atoms with Gasteiger partial charge >= 0.3 is 0 Å². The summed E-state index contributed by atoms with van der Waals surface area (Å²) < 4.78 is 24.9. The van der Waals surface area contributed by atoms with Crippen LogP contribution < -0.4 is 5.32 Å². The molecule has 2 aliphatic rings. The molecule has 1 N–H and O–H groups in total. The van der Waals surface area contributed by atoms with Crippen molar-refractivity contribution in [1.82, 2.24) is 9.62 Å². The van der Waals surface area contributed by atoms with Gasteiger partial charge in [0, 0.05) is 13.1 Å². The third kappa shape index (κ3) is 4.21. The van der Waals surface area contributed by atoms with E-state index in [1.165, 1.54) is 38.4 Å². The second-order valence-corrected chi connectivity index (χ2v) is 7.91. The molecule has 0 aliphatic carbocycles. The summed E-state index contributed by atoms with van der Waals surface area (Å²) >= 11 is 0. The van der Waals surface area contributed by atoms with E-state index >= 15 is 0 Å². The maximum absolute atomic E-state index is 11.6. The molecule has 5 heteroatoms. The van der Waals surface area contributed by atoms with Gasteiger partial charge in [-0.25, -0.2) is 12.7 Å². The fourth-order valence-electron chi connectivity index (χ4n) is 3.28. The molecule has 2 heterocycles. The summed E-state index contributed by atoms with van der Waals surface area (Å²) in [7, 11) is -2.99. The first-order valence-corrected chi connectivity index (χ1v) is 9.06. The molecule has 2 fully saturated rings. The predicted octanol–water partition coefficient (Wildman–Crippen LogP) is 1.44. The van der Waals surface area contributed by atoms with Crippen molar-refractivity contribution < 1.29 is 8.42 Å². The highest BCUT2D eigenvalue weighted by Crippen LogP contribution is 2.27. The lowest BCUT2D eigenvalue weighted by atomic mass is 9.87. The van der Waals surface area contributed by atoms with Gasteiger partial charge in [-0.05, 0) is 57.0 Å². The van der Waals surface area contributed by atoms with Gasteiger partial charge in [0.1, 0.15) is 0 Å². The van der Waals surface area contributed by atoms with E-state index in [0.717, 1.165) is 38.5 Å². The molecule has 0 bridgehead atoms. The first-order valence-electron chi connectivity index (χ1n) is 7.21. The van der Waals surface area contributed by atoms with Crippen molar-refractivity contribution >= 4 is 10.0 Å². The maximum Gasteiger partial charge on any atom is 0.211 e. The lowest BCUT2D eigenvalue weighted by molar-refractivity contribution is 0.226. The van der Waals surface area contributed by atoms with Crippen LogP contribution in [0.3, 0.4) is 0 Å². The van der Waals surface area contributed by atoms with Crippen molar-refractivity contribution in [2.45, 2.75) is 38.5 Å². The summed E-state index contributed by atoms with van der Waals surface area (Å²) in [6, 6.07) is 0. The Kier molecular flexibility index (Phi) is 5.04. The molecule has 0 amide bonds. The van der Waals surface area contributed by atoms with Crippen LogP contribution in [0.15, 0.2) is 0 Å². The highest BCUT2D eigenvalue weighted by molar-refractivity contribution is 7.88. The van der Waals surface area contributed by atoms with E-state index in [1.54, 1.807) is 4.31 Å². The van der Waals surface area contributed by atoms with Gasteiger partial charge in [-0.15, -0.1) is 0 Å². The highest BCUT2D eigenvalue weighted by Gasteiger charge is 2.27. The standard InChI is InChI=1S/C13H26N2O2S/c1-18(16,17)15-8-4-6-13(11-15)9-12-5-2-3-7-14-10-12/h12-14H,2-11H2,1H3. The smallest absolute Gasteiger partial charge is 0.211 e. The van der Waals surface area contributed by atoms with E-state index in [-0.39, 0.29) is 0 Å². The Labute approximate surface area is 111 Å². The molecule has 0 radical (unpaired) electrons. The molecule has 0 aromatic rings. The van der Waals surface area contributed by atoms with Crippen molar-refractivity contribution in [3.8, 4) is 0 Å². The van der Waals surface area contributed by atoms with Gasteiger partial charge in [0.05, 0.1) is 6.26 Å². The van der Waals surface area contributed by atoms with E-state index in [0.29, 0.717) is 5.92 Å². The molecule has 18 heavy (non-hydrogen) atoms. The normalized spacial score (nSPS) is 32.1. The van der Waals surface area contributed by atoms with Gasteiger partial charge in [-0.3, -0.25) is 0 Å². The highest BCUT2D eigenvalue weighted by atomic mass is 32.2. The summed E-state index contributed by atoms with van der Waals surface area (Å²) in [6.07, 6.45) is 8.67. The molecular formula is C13H26N2O2S. The lowest BCUT2D eigenvalue weighted by Crippen LogP contribution is -2.40. The monoisotopic (exact) mass is 274 g/mol. The molecule has 2 unspecified atom stereocenters. The van der Waals surface area contributed by atoms with E-state index < -0.39 is 10.0 Å². The van der Waals surface area contributed by atoms with Crippen LogP contribution in [0.1, 0.15) is 38.5 Å². The number of hydrogen-bond acceptors (Lipinski definition) is 3. The molecule has 0 spiro atoms. The minimum atomic E-state index is -2.99. The van der Waals surface area contributed by atoms with Crippen molar-refractivity contribution in [2.75, 3.05) is 32.4 Å². The van der Waals surface area contributed by atoms with Gasteiger partial charge in [0.25, 0.3) is 0 Å². The Morgan fingerprint density at radius 3 is 2.72 bits per heavy atom. The average molecular weight is 274 g/mol. The fraction of sp³-hybridized carbons (Fsp3) is 1.00. The van der Waals surface area contributed by atoms with Crippen molar-refractivity contribution in [1.29, 1.82) is 0 Å². The minimum absolute atomic E-state index is 0.568. The number of rotatable bonds is 3. The Morgan fingerprint density at radius 1 is 1.17 bits per heavy atom. The quantitative estimate of drug-likeness (QED) is 0.847. The van der Waals surface area contributed by atoms with Crippen LogP contribution >= 0.6 is 0 Å². The second kappa shape index (κ2) is 6.35. The van der Waals surface area contributed by atoms with E-state index in [1.807, 2.05) is 0 Å². The molecule has 2 rings (SSSR count). The van der Waals surface area contributed by atoms with E-state index in [4.69, 9.17) is 0 Å². The number of piperidine rings is 1. The molecule has 4 nitrogen and oxygen atoms in total. The van der Waals surface area contributed by atoms with Crippen LogP contribution in [-0.2, 0) is 10.0 Å². The zero-order valence-corrected chi connectivity index (χ0v) is 12.2. The van der Waals surface area contributed by atoms with Gasteiger partial charge in [-0.1, -0.05) is 6.42 Å². The first kappa shape index (κ1) is 14.3. The van der Waals surface area contributed by atoms with Gasteiger partial charge in [-0.2, -0.15) is 0 Å². The Hall–Kier alpha value is -0.130. The van der Waals surface area contributed by atoms with Gasteiger partial charge < -0.3 is 5.32 Å². The largest absolute Gasteiger partial charge is 0.316 e. The second-order valence-electron chi connectivity index (χ2n) is 5.93. The summed E-state index contributed by atoms with van der Waals surface area (Å²) in [5.74, 6) is 1.32. The molecule has 0 aromatic heterocycles. The summed E-state index contributed by atoms with van der Waals surface area (Å²) in [5.41, 5.74) is 0. The molecule has 2 aliphatic heterocycles. The van der Waals surface area contributed by atoms with Gasteiger partial charge in [0.2, 0.25) is 10.0 Å². The Bertz CT molecular complexity index is 348. The van der Waals surface area contributed by atoms with Crippen LogP contribution in [0.2, 0.25) is 0 Å². The lowest BCUT2D eigenvalue weighted by Gasteiger charge is -2.32. The third-order valence-electron chi connectivity index (χ3n) is 4.27. The Balaban J connectivity index is 1.85. The molecular weight excluding hydrogens is 248 g/mol. The van der Waals surface area contributed by atoms with Crippen molar-refractivity contribution in [2.24, 2.45) is 11.8 Å². The van der Waals surface area contributed by atoms with Crippen LogP contribution in [0.25, 0.3) is 0 Å². The molecule has 2 saturated heterocycles.